The lowest BCUT2D eigenvalue weighted by Crippen LogP contribution is -2.37. The van der Waals surface area contributed by atoms with Crippen LogP contribution in [0.1, 0.15) is 52.4 Å². The van der Waals surface area contributed by atoms with Crippen LogP contribution in [0.4, 0.5) is 13.2 Å². The van der Waals surface area contributed by atoms with E-state index in [0.29, 0.717) is 125 Å². The van der Waals surface area contributed by atoms with E-state index >= 15 is 0 Å². The Balaban J connectivity index is 0. The molecule has 0 aliphatic carbocycles. The van der Waals surface area contributed by atoms with Gasteiger partial charge in [0, 0.05) is 54.4 Å². The van der Waals surface area contributed by atoms with Crippen molar-refractivity contribution in [2.75, 3.05) is 119 Å². The molecule has 5 N–H and O–H groups in total. The summed E-state index contributed by atoms with van der Waals surface area (Å²) in [6, 6.07) is 0. The monoisotopic (exact) mass is 786 g/mol. The summed E-state index contributed by atoms with van der Waals surface area (Å²) in [6.45, 7) is 10.7. The van der Waals surface area contributed by atoms with E-state index in [1.165, 1.54) is 0 Å². The normalized spacial score (nSPS) is 12.0. The summed E-state index contributed by atoms with van der Waals surface area (Å²) in [7, 11) is 0. The maximum atomic E-state index is 12.0. The SMILES string of the molecule is CC(CCCCN)C(=O)NCCOCCOCCOCCN=[N+]=[N-].CC(CCCCNC(=O)C(F)(F)F)C(=O)NCCOCCOCCOCCN=[N+]=[N-]. The van der Waals surface area contributed by atoms with Gasteiger partial charge in [-0.3, -0.25) is 14.4 Å². The van der Waals surface area contributed by atoms with Gasteiger partial charge in [0.25, 0.3) is 0 Å². The lowest BCUT2D eigenvalue weighted by molar-refractivity contribution is -0.173. The third kappa shape index (κ3) is 38.3. The second kappa shape index (κ2) is 39.2. The number of halogens is 3. The Labute approximate surface area is 315 Å². The minimum atomic E-state index is -4.87. The molecule has 0 saturated carbocycles. The molecule has 19 nitrogen and oxygen atoms in total. The van der Waals surface area contributed by atoms with Crippen LogP contribution in [-0.4, -0.2) is 142 Å². The molecule has 2 unspecified atom stereocenters. The Morgan fingerprint density at radius 1 is 0.593 bits per heavy atom. The zero-order valence-electron chi connectivity index (χ0n) is 31.7. The van der Waals surface area contributed by atoms with Crippen LogP contribution < -0.4 is 21.7 Å². The zero-order valence-corrected chi connectivity index (χ0v) is 31.7. The molecule has 0 aromatic heterocycles. The number of rotatable bonds is 35. The minimum absolute atomic E-state index is 0.0127. The molecule has 0 spiro atoms. The van der Waals surface area contributed by atoms with Crippen molar-refractivity contribution in [3.05, 3.63) is 20.9 Å². The highest BCUT2D eigenvalue weighted by Crippen LogP contribution is 2.14. The van der Waals surface area contributed by atoms with Crippen LogP contribution in [0.5, 0.6) is 0 Å². The highest BCUT2D eigenvalue weighted by Gasteiger charge is 2.38. The van der Waals surface area contributed by atoms with Crippen molar-refractivity contribution in [3.63, 3.8) is 0 Å². The summed E-state index contributed by atoms with van der Waals surface area (Å²) in [6.07, 6.45) is -0.675. The first-order valence-corrected chi connectivity index (χ1v) is 18.1. The molecule has 0 aromatic rings. The summed E-state index contributed by atoms with van der Waals surface area (Å²) >= 11 is 0. The number of nitrogens with two attached hydrogens (primary N) is 1. The largest absolute Gasteiger partial charge is 0.471 e. The molecule has 0 aliphatic rings. The maximum Gasteiger partial charge on any atom is 0.471 e. The topological polar surface area (TPSA) is 266 Å². The summed E-state index contributed by atoms with van der Waals surface area (Å²) < 4.78 is 67.6. The molecule has 0 rings (SSSR count). The number of carbonyl (C=O) groups is 3. The number of alkyl halides is 3. The van der Waals surface area contributed by atoms with Crippen molar-refractivity contribution >= 4 is 17.7 Å². The number of unbranched alkanes of at least 4 members (excludes halogenated alkanes) is 2. The van der Waals surface area contributed by atoms with Gasteiger partial charge in [-0.25, -0.2) is 0 Å². The third-order valence-corrected chi connectivity index (χ3v) is 6.97. The molecule has 0 saturated heterocycles. The van der Waals surface area contributed by atoms with Gasteiger partial charge in [0.1, 0.15) is 0 Å². The Kier molecular flexibility index (Phi) is 38.3. The van der Waals surface area contributed by atoms with E-state index < -0.39 is 12.1 Å². The maximum absolute atomic E-state index is 12.0. The second-order valence-corrected chi connectivity index (χ2v) is 11.5. The highest BCUT2D eigenvalue weighted by molar-refractivity contribution is 5.81. The van der Waals surface area contributed by atoms with E-state index in [4.69, 9.17) is 45.2 Å². The smallest absolute Gasteiger partial charge is 0.379 e. The summed E-state index contributed by atoms with van der Waals surface area (Å²) in [5.41, 5.74) is 21.6. The summed E-state index contributed by atoms with van der Waals surface area (Å²) in [5.74, 6) is -2.32. The first-order chi connectivity index (χ1) is 26.0. The van der Waals surface area contributed by atoms with E-state index in [-0.39, 0.29) is 36.7 Å². The predicted octanol–water partition coefficient (Wildman–Crippen LogP) is 3.18. The van der Waals surface area contributed by atoms with Gasteiger partial charge in [-0.2, -0.15) is 13.2 Å². The molecule has 2 atom stereocenters. The van der Waals surface area contributed by atoms with E-state index in [0.717, 1.165) is 19.3 Å². The number of azide groups is 2. The minimum Gasteiger partial charge on any atom is -0.379 e. The fraction of sp³-hybridized carbons (Fsp3) is 0.906. The van der Waals surface area contributed by atoms with Gasteiger partial charge >= 0.3 is 12.1 Å². The number of amides is 3. The van der Waals surface area contributed by atoms with E-state index in [2.05, 4.69) is 30.7 Å². The Bertz CT molecular complexity index is 1040. The van der Waals surface area contributed by atoms with Gasteiger partial charge in [0.05, 0.1) is 79.3 Å². The Hall–Kier alpha value is -3.46. The quantitative estimate of drug-likeness (QED) is 0.0315. The summed E-state index contributed by atoms with van der Waals surface area (Å²) in [5, 5.41) is 14.0. The van der Waals surface area contributed by atoms with Crippen molar-refractivity contribution in [1.29, 1.82) is 0 Å². The van der Waals surface area contributed by atoms with Gasteiger partial charge in [0.2, 0.25) is 11.8 Å². The molecule has 314 valence electrons. The third-order valence-electron chi connectivity index (χ3n) is 6.97. The first-order valence-electron chi connectivity index (χ1n) is 18.1. The molecular weight excluding hydrogens is 725 g/mol. The molecule has 54 heavy (non-hydrogen) atoms. The van der Waals surface area contributed by atoms with Gasteiger partial charge in [-0.05, 0) is 43.3 Å². The molecule has 22 heteroatoms. The van der Waals surface area contributed by atoms with Gasteiger partial charge in [-0.1, -0.05) is 36.9 Å². The standard InChI is InChI=1S/C17H30F3N5O5.C15H31N5O4/c1-14(4-2-3-5-23-16(27)17(18,19)20)15(26)22-6-8-28-10-12-30-13-11-29-9-7-24-25-21;1-14(4-2-3-5-16)15(21)18-6-8-22-10-12-24-13-11-23-9-7-19-20-17/h14H,2-13H2,1H3,(H,22,26)(H,23,27);14H,2-13,16H2,1H3,(H,18,21). The number of ether oxygens (including phenoxy) is 6. The van der Waals surface area contributed by atoms with Crippen LogP contribution in [0.2, 0.25) is 0 Å². The second-order valence-electron chi connectivity index (χ2n) is 11.5. The van der Waals surface area contributed by atoms with Crippen molar-refractivity contribution in [2.24, 2.45) is 27.8 Å². The van der Waals surface area contributed by atoms with Crippen LogP contribution in [0.15, 0.2) is 10.2 Å². The van der Waals surface area contributed by atoms with Crippen molar-refractivity contribution in [3.8, 4) is 0 Å². The molecule has 0 heterocycles. The zero-order chi connectivity index (χ0) is 40.5. The van der Waals surface area contributed by atoms with Crippen molar-refractivity contribution in [2.45, 2.75) is 58.5 Å². The predicted molar refractivity (Wildman–Crippen MR) is 193 cm³/mol. The van der Waals surface area contributed by atoms with E-state index in [1.807, 2.05) is 6.92 Å². The molecule has 0 aromatic carbocycles. The van der Waals surface area contributed by atoms with E-state index in [1.54, 1.807) is 12.2 Å². The molecule has 0 bridgehead atoms. The lowest BCUT2D eigenvalue weighted by Gasteiger charge is -2.13. The first kappa shape index (κ1) is 52.6. The van der Waals surface area contributed by atoms with Crippen LogP contribution in [0.25, 0.3) is 20.9 Å². The van der Waals surface area contributed by atoms with Crippen LogP contribution in [0, 0.1) is 11.8 Å². The molecule has 0 aliphatic heterocycles. The lowest BCUT2D eigenvalue weighted by atomic mass is 10.0. The number of carbonyl (C=O) groups excluding carboxylic acids is 3. The Morgan fingerprint density at radius 3 is 1.33 bits per heavy atom. The average Bonchev–Trinajstić information content (AvgIpc) is 3.14. The summed E-state index contributed by atoms with van der Waals surface area (Å²) in [4.78, 5) is 39.5. The fourth-order valence-electron chi connectivity index (χ4n) is 3.96. The van der Waals surface area contributed by atoms with Crippen LogP contribution >= 0.6 is 0 Å². The molecule has 0 fully saturated rings. The fourth-order valence-corrected chi connectivity index (χ4v) is 3.96. The van der Waals surface area contributed by atoms with Gasteiger partial charge in [-0.15, -0.1) is 0 Å². The van der Waals surface area contributed by atoms with E-state index in [9.17, 15) is 27.6 Å². The average molecular weight is 787 g/mol. The van der Waals surface area contributed by atoms with Crippen molar-refractivity contribution < 1.29 is 56.0 Å². The van der Waals surface area contributed by atoms with Crippen LogP contribution in [0.3, 0.4) is 0 Å². The molecule has 3 amide bonds. The Morgan fingerprint density at radius 2 is 0.963 bits per heavy atom. The van der Waals surface area contributed by atoms with Crippen molar-refractivity contribution in [1.82, 2.24) is 16.0 Å². The molecule has 0 radical (unpaired) electrons. The molecular formula is C32H61F3N10O9. The number of hydrogen-bond acceptors (Lipinski definition) is 12. The van der Waals surface area contributed by atoms with Crippen LogP contribution in [-0.2, 0) is 42.8 Å². The van der Waals surface area contributed by atoms with Gasteiger partial charge < -0.3 is 50.1 Å². The number of hydrogen-bond donors (Lipinski definition) is 4. The number of nitrogens with zero attached hydrogens (tertiary/aromatic N) is 6. The highest BCUT2D eigenvalue weighted by atomic mass is 19.4. The van der Waals surface area contributed by atoms with Gasteiger partial charge in [0.15, 0.2) is 0 Å². The number of nitrogens with one attached hydrogen (secondary N) is 3.